The average Bonchev–Trinajstić information content (AvgIpc) is 3.44. The number of Topliss-reactive ketones (excluding diaryl/α,β-unsaturated/α-hetero) is 1. The van der Waals surface area contributed by atoms with Crippen molar-refractivity contribution >= 4 is 63.8 Å². The number of carbonyl (C=O) groups is 2. The van der Waals surface area contributed by atoms with Gasteiger partial charge < -0.3 is 10.8 Å². The fourth-order valence-corrected chi connectivity index (χ4v) is 6.67. The van der Waals surface area contributed by atoms with Gasteiger partial charge in [0.2, 0.25) is 5.91 Å². The lowest BCUT2D eigenvalue weighted by Gasteiger charge is -2.15. The molecule has 2 atom stereocenters. The monoisotopic (exact) mass is 572 g/mol. The Morgan fingerprint density at radius 3 is 2.92 bits per heavy atom. The summed E-state index contributed by atoms with van der Waals surface area (Å²) in [6.07, 6.45) is 13.3. The van der Waals surface area contributed by atoms with Crippen LogP contribution in [0.1, 0.15) is 75.1 Å². The maximum Gasteiger partial charge on any atom is 0.250 e. The molecule has 1 aliphatic carbocycles. The molecular weight excluding hydrogens is 547 g/mol. The molecule has 2 aromatic rings. The van der Waals surface area contributed by atoms with Gasteiger partial charge in [-0.05, 0) is 61.5 Å². The molecule has 4 rings (SSSR count). The summed E-state index contributed by atoms with van der Waals surface area (Å²) in [7, 11) is 0. The highest BCUT2D eigenvalue weighted by Crippen LogP contribution is 2.37. The van der Waals surface area contributed by atoms with Crippen molar-refractivity contribution < 1.29 is 14.7 Å². The molecule has 0 saturated carbocycles. The molecule has 37 heavy (non-hydrogen) atoms. The van der Waals surface area contributed by atoms with Crippen molar-refractivity contribution in [3.8, 4) is 0 Å². The summed E-state index contributed by atoms with van der Waals surface area (Å²) in [6.45, 7) is 0. The molecule has 1 unspecified atom stereocenters. The first-order chi connectivity index (χ1) is 17.8. The second kappa shape index (κ2) is 12.9. The summed E-state index contributed by atoms with van der Waals surface area (Å²) >= 11 is 14.7. The van der Waals surface area contributed by atoms with Crippen LogP contribution in [0.15, 0.2) is 63.5 Å². The molecule has 192 valence electrons. The Bertz CT molecular complexity index is 1370. The Hall–Kier alpha value is -2.47. The van der Waals surface area contributed by atoms with Gasteiger partial charge in [0.1, 0.15) is 4.34 Å². The molecule has 5 nitrogen and oxygen atoms in total. The summed E-state index contributed by atoms with van der Waals surface area (Å²) in [6, 6.07) is 1.73. The molecule has 1 aliphatic heterocycles. The number of nitrogens with zero attached hydrogens (tertiary/aromatic N) is 1. The lowest BCUT2D eigenvalue weighted by Crippen LogP contribution is -2.15. The second-order valence-corrected chi connectivity index (χ2v) is 12.0. The van der Waals surface area contributed by atoms with Crippen molar-refractivity contribution in [3.05, 3.63) is 88.7 Å². The van der Waals surface area contributed by atoms with Crippen LogP contribution in [-0.4, -0.2) is 23.0 Å². The van der Waals surface area contributed by atoms with Crippen LogP contribution < -0.4 is 5.73 Å². The Kier molecular flexibility index (Phi) is 9.58. The van der Waals surface area contributed by atoms with Gasteiger partial charge in [-0.1, -0.05) is 29.3 Å². The maximum absolute atomic E-state index is 13.0. The number of rotatable bonds is 7. The predicted molar refractivity (Wildman–Crippen MR) is 152 cm³/mol. The van der Waals surface area contributed by atoms with Crippen molar-refractivity contribution in [1.82, 2.24) is 0 Å². The van der Waals surface area contributed by atoms with Crippen molar-refractivity contribution in [1.29, 1.82) is 0 Å². The van der Waals surface area contributed by atoms with Crippen molar-refractivity contribution in [2.24, 2.45) is 16.6 Å². The highest BCUT2D eigenvalue weighted by atomic mass is 35.5. The number of carbonyl (C=O) groups excluding carboxylic acids is 2. The van der Waals surface area contributed by atoms with Crippen LogP contribution in [0.2, 0.25) is 9.36 Å². The van der Waals surface area contributed by atoms with Gasteiger partial charge in [0.25, 0.3) is 0 Å². The number of hydrogen-bond donors (Lipinski definition) is 2. The van der Waals surface area contributed by atoms with Crippen LogP contribution in [-0.2, 0) is 6.42 Å². The van der Waals surface area contributed by atoms with Crippen LogP contribution in [0.3, 0.4) is 0 Å². The first kappa shape index (κ1) is 27.6. The number of aliphatic imine (C=N–C) groups is 1. The number of halogens is 2. The van der Waals surface area contributed by atoms with Gasteiger partial charge in [0.05, 0.1) is 22.4 Å². The first-order valence-electron chi connectivity index (χ1n) is 11.9. The van der Waals surface area contributed by atoms with Crippen LogP contribution in [0, 0.1) is 5.92 Å². The zero-order valence-corrected chi connectivity index (χ0v) is 23.2. The van der Waals surface area contributed by atoms with Gasteiger partial charge in [0.15, 0.2) is 5.78 Å². The number of ketones is 1. The molecule has 0 aromatic carbocycles. The highest BCUT2D eigenvalue weighted by Gasteiger charge is 2.22. The van der Waals surface area contributed by atoms with Crippen molar-refractivity contribution in [2.75, 3.05) is 0 Å². The third kappa shape index (κ3) is 7.31. The van der Waals surface area contributed by atoms with Gasteiger partial charge in [-0.15, -0.1) is 34.1 Å². The predicted octanol–water partition coefficient (Wildman–Crippen LogP) is 7.41. The van der Waals surface area contributed by atoms with E-state index in [1.807, 2.05) is 30.5 Å². The summed E-state index contributed by atoms with van der Waals surface area (Å²) < 4.78 is 0.502. The van der Waals surface area contributed by atoms with E-state index in [1.54, 1.807) is 11.4 Å². The first-order valence-corrected chi connectivity index (χ1v) is 14.4. The standard InChI is InChI=1S/C28H26Cl2N2O3S2/c29-21-15-25(37-27(21)30)22(33)11-9-17-5-3-6-19(32-13-12-17)10-8-18-4-1-2-7-24-26(23(34)14-18)20(16-36-24)28(31)35/h2-4,8,13,15-17,22,33H,5,7,9-12,14H2,(H2,31,35)/b18-8+,32-13?/t1?,6?,17?,22-/m0/s1. The third-order valence-electron chi connectivity index (χ3n) is 6.25. The number of hydrogen-bond acceptors (Lipinski definition) is 6. The van der Waals surface area contributed by atoms with E-state index in [9.17, 15) is 14.7 Å². The van der Waals surface area contributed by atoms with Crippen LogP contribution in [0.25, 0.3) is 0 Å². The fourth-order valence-electron chi connectivity index (χ4n) is 4.24. The Balaban J connectivity index is 1.38. The maximum atomic E-state index is 13.0. The topological polar surface area (TPSA) is 92.8 Å². The largest absolute Gasteiger partial charge is 0.388 e. The smallest absolute Gasteiger partial charge is 0.250 e. The highest BCUT2D eigenvalue weighted by molar-refractivity contribution is 7.17. The Morgan fingerprint density at radius 1 is 1.32 bits per heavy atom. The molecule has 3 heterocycles. The van der Waals surface area contributed by atoms with Gasteiger partial charge in [0, 0.05) is 46.2 Å². The molecule has 3 N–H and O–H groups in total. The summed E-state index contributed by atoms with van der Waals surface area (Å²) in [4.78, 5) is 31.0. The lowest BCUT2D eigenvalue weighted by atomic mass is 9.93. The molecule has 2 aromatic heterocycles. The fraction of sp³-hybridized carbons (Fsp3) is 0.321. The zero-order chi connectivity index (χ0) is 26.4. The quantitative estimate of drug-likeness (QED) is 0.338. The number of primary amides is 1. The minimum atomic E-state index is -0.583. The van der Waals surface area contributed by atoms with Gasteiger partial charge >= 0.3 is 0 Å². The van der Waals surface area contributed by atoms with E-state index in [1.165, 1.54) is 22.7 Å². The Morgan fingerprint density at radius 2 is 2.16 bits per heavy atom. The molecule has 0 saturated heterocycles. The van der Waals surface area contributed by atoms with E-state index in [0.29, 0.717) is 45.7 Å². The SMILES string of the molecule is NC(=O)c1csc2c1C(=O)C/C(=C/CC1=C=CCC(CC[C@H](O)c3cc(Cl)c(Cl)s3)CC=N1)C=C=CC2. The number of aliphatic hydroxyl groups is 1. The third-order valence-corrected chi connectivity index (χ3v) is 9.23. The number of aliphatic hydroxyl groups excluding tert-OH is 1. The van der Waals surface area contributed by atoms with E-state index in [4.69, 9.17) is 28.9 Å². The minimum Gasteiger partial charge on any atom is -0.388 e. The number of fused-ring (bicyclic) bond motifs is 1. The van der Waals surface area contributed by atoms with Gasteiger partial charge in [-0.25, -0.2) is 0 Å². The number of thiophene rings is 2. The molecule has 0 fully saturated rings. The second-order valence-electron chi connectivity index (χ2n) is 8.92. The van der Waals surface area contributed by atoms with Crippen molar-refractivity contribution in [2.45, 2.75) is 51.0 Å². The molecule has 0 bridgehead atoms. The van der Waals surface area contributed by atoms with Crippen LogP contribution in [0.4, 0.5) is 0 Å². The van der Waals surface area contributed by atoms with Gasteiger partial charge in [-0.2, -0.15) is 0 Å². The van der Waals surface area contributed by atoms with Crippen molar-refractivity contribution in [3.63, 3.8) is 0 Å². The molecular formula is C28H26Cl2N2O3S2. The molecule has 2 aliphatic rings. The lowest BCUT2D eigenvalue weighted by molar-refractivity contribution is 0.0964. The normalized spacial score (nSPS) is 19.5. The van der Waals surface area contributed by atoms with Gasteiger partial charge in [-0.3, -0.25) is 14.6 Å². The molecule has 0 spiro atoms. The van der Waals surface area contributed by atoms with E-state index >= 15 is 0 Å². The van der Waals surface area contributed by atoms with E-state index in [2.05, 4.69) is 16.5 Å². The summed E-state index contributed by atoms with van der Waals surface area (Å²) in [5, 5.41) is 12.6. The van der Waals surface area contributed by atoms with E-state index < -0.39 is 12.0 Å². The summed E-state index contributed by atoms with van der Waals surface area (Å²) in [5.74, 6) is -0.344. The average molecular weight is 574 g/mol. The molecule has 9 heteroatoms. The van der Waals surface area contributed by atoms with Crippen LogP contribution >= 0.6 is 45.9 Å². The minimum absolute atomic E-state index is 0.118. The number of amides is 1. The van der Waals surface area contributed by atoms with Crippen LogP contribution in [0.5, 0.6) is 0 Å². The zero-order valence-electron chi connectivity index (χ0n) is 20.0. The summed E-state index contributed by atoms with van der Waals surface area (Å²) in [5.41, 5.74) is 14.2. The Labute approximate surface area is 234 Å². The molecule has 1 amide bonds. The van der Waals surface area contributed by atoms with E-state index in [0.717, 1.165) is 40.3 Å². The number of allylic oxidation sites excluding steroid dienone is 3. The molecule has 0 radical (unpaired) electrons. The van der Waals surface area contributed by atoms with E-state index in [-0.39, 0.29) is 12.2 Å². The number of nitrogens with two attached hydrogens (primary N) is 1.